The molecule has 2 aromatic rings. The quantitative estimate of drug-likeness (QED) is 0.606. The normalized spacial score (nSPS) is 25.8. The van der Waals surface area contributed by atoms with Gasteiger partial charge in [-0.15, -0.1) is 0 Å². The van der Waals surface area contributed by atoms with Crippen molar-refractivity contribution < 1.29 is 18.3 Å². The zero-order valence-electron chi connectivity index (χ0n) is 17.2. The molecule has 158 valence electrons. The van der Waals surface area contributed by atoms with Gasteiger partial charge in [-0.1, -0.05) is 54.8 Å². The Morgan fingerprint density at radius 3 is 2.62 bits per heavy atom. The van der Waals surface area contributed by atoms with E-state index in [1.165, 1.54) is 0 Å². The Balaban J connectivity index is 2.30. The number of hydrogen-bond donors (Lipinski definition) is 1. The van der Waals surface area contributed by atoms with Gasteiger partial charge in [-0.2, -0.15) is 0 Å². The molecule has 2 aromatic carbocycles. The van der Waals surface area contributed by atoms with E-state index >= 15 is 0 Å². The topological polar surface area (TPSA) is 63.6 Å². The SMILES string of the molecule is CCCC[C@]1(CC)CS(=O)(=O)c2ccc(Br)cc2[C@@H](c2cccc(OC)c2)C1O. The Bertz CT molecular complexity index is 973. The number of sulfone groups is 1. The Morgan fingerprint density at radius 1 is 1.21 bits per heavy atom. The molecule has 1 N–H and O–H groups in total. The number of fused-ring (bicyclic) bond motifs is 1. The zero-order valence-corrected chi connectivity index (χ0v) is 19.6. The molecule has 0 spiro atoms. The number of aliphatic hydroxyl groups is 1. The van der Waals surface area contributed by atoms with E-state index in [9.17, 15) is 13.5 Å². The molecule has 1 aliphatic rings. The van der Waals surface area contributed by atoms with E-state index < -0.39 is 27.3 Å². The van der Waals surface area contributed by atoms with E-state index in [1.54, 1.807) is 19.2 Å². The third-order valence-corrected chi connectivity index (χ3v) is 8.74. The van der Waals surface area contributed by atoms with Crippen LogP contribution in [-0.4, -0.2) is 32.5 Å². The predicted octanol–water partition coefficient (Wildman–Crippen LogP) is 5.32. The minimum atomic E-state index is -3.55. The lowest BCUT2D eigenvalue weighted by Gasteiger charge is -2.39. The number of aliphatic hydroxyl groups excluding tert-OH is 1. The van der Waals surface area contributed by atoms with Gasteiger partial charge in [0.05, 0.1) is 23.9 Å². The Labute approximate surface area is 182 Å². The molecule has 29 heavy (non-hydrogen) atoms. The molecule has 3 rings (SSSR count). The zero-order chi connectivity index (χ0) is 21.2. The fourth-order valence-corrected chi connectivity index (χ4v) is 7.18. The molecule has 0 amide bonds. The van der Waals surface area contributed by atoms with Crippen LogP contribution in [0.1, 0.15) is 56.6 Å². The van der Waals surface area contributed by atoms with Crippen LogP contribution in [0.25, 0.3) is 0 Å². The van der Waals surface area contributed by atoms with Crippen LogP contribution < -0.4 is 4.74 Å². The van der Waals surface area contributed by atoms with Crippen molar-refractivity contribution >= 4 is 25.8 Å². The molecule has 0 saturated heterocycles. The highest BCUT2D eigenvalue weighted by Crippen LogP contribution is 2.49. The predicted molar refractivity (Wildman–Crippen MR) is 119 cm³/mol. The van der Waals surface area contributed by atoms with E-state index in [1.807, 2.05) is 37.3 Å². The first-order valence-electron chi connectivity index (χ1n) is 10.1. The number of halogens is 1. The summed E-state index contributed by atoms with van der Waals surface area (Å²) in [6, 6.07) is 12.9. The van der Waals surface area contributed by atoms with Crippen molar-refractivity contribution in [3.05, 3.63) is 58.1 Å². The fraction of sp³-hybridized carbons (Fsp3) is 0.478. The average molecular weight is 481 g/mol. The fourth-order valence-electron chi connectivity index (χ4n) is 4.54. The van der Waals surface area contributed by atoms with Crippen LogP contribution in [0.4, 0.5) is 0 Å². The largest absolute Gasteiger partial charge is 0.497 e. The first kappa shape index (κ1) is 22.3. The van der Waals surface area contributed by atoms with Crippen LogP contribution in [0.2, 0.25) is 0 Å². The van der Waals surface area contributed by atoms with Crippen LogP contribution in [-0.2, 0) is 9.84 Å². The van der Waals surface area contributed by atoms with Crippen molar-refractivity contribution in [3.8, 4) is 5.75 Å². The van der Waals surface area contributed by atoms with Crippen molar-refractivity contribution in [2.45, 2.75) is 56.4 Å². The van der Waals surface area contributed by atoms with Crippen molar-refractivity contribution in [2.24, 2.45) is 5.41 Å². The second-order valence-electron chi connectivity index (χ2n) is 7.96. The Hall–Kier alpha value is -1.37. The van der Waals surface area contributed by atoms with Gasteiger partial charge in [-0.3, -0.25) is 0 Å². The molecule has 1 heterocycles. The highest BCUT2D eigenvalue weighted by Gasteiger charge is 2.48. The lowest BCUT2D eigenvalue weighted by atomic mass is 9.69. The molecule has 0 radical (unpaired) electrons. The number of rotatable bonds is 6. The van der Waals surface area contributed by atoms with Gasteiger partial charge >= 0.3 is 0 Å². The van der Waals surface area contributed by atoms with Gasteiger partial charge in [0.25, 0.3) is 0 Å². The smallest absolute Gasteiger partial charge is 0.179 e. The van der Waals surface area contributed by atoms with Crippen molar-refractivity contribution in [1.82, 2.24) is 0 Å². The average Bonchev–Trinajstić information content (AvgIpc) is 2.77. The van der Waals surface area contributed by atoms with Crippen LogP contribution in [0.3, 0.4) is 0 Å². The molecule has 0 aromatic heterocycles. The summed E-state index contributed by atoms with van der Waals surface area (Å²) in [6.07, 6.45) is 2.29. The molecule has 1 aliphatic heterocycles. The lowest BCUT2D eigenvalue weighted by molar-refractivity contribution is 0.0173. The summed E-state index contributed by atoms with van der Waals surface area (Å²) in [7, 11) is -1.94. The summed E-state index contributed by atoms with van der Waals surface area (Å²) in [4.78, 5) is 0.319. The second-order valence-corrected chi connectivity index (χ2v) is 10.8. The summed E-state index contributed by atoms with van der Waals surface area (Å²) in [5, 5.41) is 11.8. The molecule has 0 fully saturated rings. The van der Waals surface area contributed by atoms with Crippen molar-refractivity contribution in [2.75, 3.05) is 12.9 Å². The summed E-state index contributed by atoms with van der Waals surface area (Å²) in [5.74, 6) is 0.202. The molecule has 0 bridgehead atoms. The van der Waals surface area contributed by atoms with Gasteiger partial charge in [-0.25, -0.2) is 8.42 Å². The molecule has 1 unspecified atom stereocenters. The molecule has 6 heteroatoms. The monoisotopic (exact) mass is 480 g/mol. The molecule has 0 aliphatic carbocycles. The molecular weight excluding hydrogens is 452 g/mol. The van der Waals surface area contributed by atoms with Crippen LogP contribution in [0.15, 0.2) is 51.8 Å². The van der Waals surface area contributed by atoms with Gasteiger partial charge in [0.15, 0.2) is 9.84 Å². The van der Waals surface area contributed by atoms with Crippen molar-refractivity contribution in [3.63, 3.8) is 0 Å². The lowest BCUT2D eigenvalue weighted by Crippen LogP contribution is -2.42. The summed E-state index contributed by atoms with van der Waals surface area (Å²) >= 11 is 3.49. The van der Waals surface area contributed by atoms with Gasteiger partial charge in [-0.05, 0) is 54.3 Å². The highest BCUT2D eigenvalue weighted by molar-refractivity contribution is 9.10. The number of ether oxygens (including phenoxy) is 1. The van der Waals surface area contributed by atoms with E-state index in [0.29, 0.717) is 29.1 Å². The highest BCUT2D eigenvalue weighted by atomic mass is 79.9. The van der Waals surface area contributed by atoms with Crippen LogP contribution in [0.5, 0.6) is 5.75 Å². The Morgan fingerprint density at radius 2 is 1.97 bits per heavy atom. The van der Waals surface area contributed by atoms with Gasteiger partial charge in [0, 0.05) is 15.8 Å². The van der Waals surface area contributed by atoms with E-state index in [0.717, 1.165) is 22.9 Å². The Kier molecular flexibility index (Phi) is 6.76. The minimum Gasteiger partial charge on any atom is -0.497 e. The number of methoxy groups -OCH3 is 1. The molecular formula is C23H29BrO4S. The van der Waals surface area contributed by atoms with E-state index in [2.05, 4.69) is 22.9 Å². The summed E-state index contributed by atoms with van der Waals surface area (Å²) in [6.45, 7) is 4.08. The number of unbranched alkanes of at least 4 members (excludes halogenated alkanes) is 1. The van der Waals surface area contributed by atoms with Crippen LogP contribution in [0, 0.1) is 5.41 Å². The second kappa shape index (κ2) is 8.78. The molecule has 3 atom stereocenters. The van der Waals surface area contributed by atoms with E-state index in [-0.39, 0.29) is 5.75 Å². The molecule has 4 nitrogen and oxygen atoms in total. The van der Waals surface area contributed by atoms with Crippen LogP contribution >= 0.6 is 15.9 Å². The van der Waals surface area contributed by atoms with Gasteiger partial charge in [0.1, 0.15) is 5.75 Å². The maximum absolute atomic E-state index is 13.4. The summed E-state index contributed by atoms with van der Waals surface area (Å²) in [5.41, 5.74) is 0.809. The number of benzene rings is 2. The third-order valence-electron chi connectivity index (χ3n) is 6.25. The first-order chi connectivity index (χ1) is 13.8. The van der Waals surface area contributed by atoms with Gasteiger partial charge in [0.2, 0.25) is 0 Å². The maximum atomic E-state index is 13.4. The minimum absolute atomic E-state index is 0.0350. The molecule has 0 saturated carbocycles. The maximum Gasteiger partial charge on any atom is 0.179 e. The van der Waals surface area contributed by atoms with E-state index in [4.69, 9.17) is 4.74 Å². The number of hydrogen-bond acceptors (Lipinski definition) is 4. The van der Waals surface area contributed by atoms with Crippen molar-refractivity contribution in [1.29, 1.82) is 0 Å². The third kappa shape index (κ3) is 4.25. The standard InChI is InChI=1S/C23H29BrO4S/c1-4-6-12-23(5-2)15-29(26,27)20-11-10-17(24)14-19(20)21(22(23)25)16-8-7-9-18(13-16)28-3/h7-11,13-14,21-22,25H,4-6,12,15H2,1-3H3/t21-,22?,23-/m1/s1. The summed E-state index contributed by atoms with van der Waals surface area (Å²) < 4.78 is 33.1. The van der Waals surface area contributed by atoms with Gasteiger partial charge < -0.3 is 9.84 Å². The first-order valence-corrected chi connectivity index (χ1v) is 12.6.